The number of fused-ring (bicyclic) bond motifs is 1. The number of aryl methyl sites for hydroxylation is 3. The van der Waals surface area contributed by atoms with Gasteiger partial charge in [-0.3, -0.25) is 29.7 Å². The van der Waals surface area contributed by atoms with Crippen molar-refractivity contribution < 1.29 is 28.8 Å². The summed E-state index contributed by atoms with van der Waals surface area (Å²) in [4.78, 5) is 52.6. The molecule has 0 aliphatic heterocycles. The Morgan fingerprint density at radius 3 is 2.51 bits per heavy atom. The highest BCUT2D eigenvalue weighted by atomic mass is 16.6. The van der Waals surface area contributed by atoms with Crippen LogP contribution in [0, 0.1) is 17.0 Å². The van der Waals surface area contributed by atoms with E-state index in [0.29, 0.717) is 54.9 Å². The number of hydrogen-bond donors (Lipinski definition) is 3. The lowest BCUT2D eigenvalue weighted by Gasteiger charge is -2.14. The van der Waals surface area contributed by atoms with Crippen molar-refractivity contribution >= 4 is 46.1 Å². The Labute approximate surface area is 246 Å². The van der Waals surface area contributed by atoms with Gasteiger partial charge < -0.3 is 25.1 Å². The van der Waals surface area contributed by atoms with Gasteiger partial charge in [-0.15, -0.1) is 0 Å². The number of unbranched alkanes of at least 4 members (excludes halogenated alkanes) is 1. The Balaban J connectivity index is 1.53. The van der Waals surface area contributed by atoms with Gasteiger partial charge >= 0.3 is 5.97 Å². The molecule has 2 aromatic carbocycles. The zero-order valence-electron chi connectivity index (χ0n) is 24.2. The molecule has 0 fully saturated rings. The second kappa shape index (κ2) is 13.0. The normalized spacial score (nSPS) is 10.9. The predicted octanol–water partition coefficient (Wildman–Crippen LogP) is 3.51. The van der Waals surface area contributed by atoms with Crippen LogP contribution in [-0.4, -0.2) is 62.8 Å². The molecule has 4 N–H and O–H groups in total. The van der Waals surface area contributed by atoms with E-state index in [2.05, 4.69) is 25.5 Å². The number of nitrogens with zero attached hydrogens (tertiary/aromatic N) is 5. The molecule has 15 heteroatoms. The van der Waals surface area contributed by atoms with Gasteiger partial charge in [-0.1, -0.05) is 0 Å². The predicted molar refractivity (Wildman–Crippen MR) is 158 cm³/mol. The summed E-state index contributed by atoms with van der Waals surface area (Å²) in [5.74, 6) is -1.29. The molecule has 4 rings (SSSR count). The van der Waals surface area contributed by atoms with Gasteiger partial charge in [-0.05, 0) is 57.0 Å². The van der Waals surface area contributed by atoms with Crippen LogP contribution in [0.4, 0.5) is 17.3 Å². The first-order valence-corrected chi connectivity index (χ1v) is 13.4. The van der Waals surface area contributed by atoms with E-state index in [-0.39, 0.29) is 40.1 Å². The monoisotopic (exact) mass is 592 g/mol. The van der Waals surface area contributed by atoms with Gasteiger partial charge in [0.15, 0.2) is 5.69 Å². The summed E-state index contributed by atoms with van der Waals surface area (Å²) in [6.45, 7) is 4.96. The van der Waals surface area contributed by atoms with E-state index < -0.39 is 16.8 Å². The fourth-order valence-electron chi connectivity index (χ4n) is 4.67. The third kappa shape index (κ3) is 6.55. The van der Waals surface area contributed by atoms with E-state index in [1.165, 1.54) is 20.3 Å². The summed E-state index contributed by atoms with van der Waals surface area (Å²) in [5, 5.41) is 22.0. The lowest BCUT2D eigenvalue weighted by Crippen LogP contribution is -2.20. The number of methoxy groups -OCH3 is 2. The number of esters is 1. The second-order valence-electron chi connectivity index (χ2n) is 9.55. The summed E-state index contributed by atoms with van der Waals surface area (Å²) in [5.41, 5.74) is 7.80. The highest BCUT2D eigenvalue weighted by molar-refractivity contribution is 6.03. The number of carbonyl (C=O) groups excluding carboxylic acids is 3. The SMILES string of the molecule is CCn1nc(C)cc1C(=O)Nc1nc2cc(C(N)=O)ccc2n1CCCCNc1c(OC)cc(C(=O)OC)cc1[N+](=O)[O-]. The van der Waals surface area contributed by atoms with Crippen LogP contribution < -0.4 is 21.1 Å². The molecule has 43 heavy (non-hydrogen) atoms. The third-order valence-electron chi connectivity index (χ3n) is 6.72. The molecule has 2 heterocycles. The minimum Gasteiger partial charge on any atom is -0.494 e. The lowest BCUT2D eigenvalue weighted by atomic mass is 10.1. The number of ether oxygens (including phenoxy) is 2. The standard InChI is InChI=1S/C28H32N8O7/c1-5-35-22(12-16(2)33-35)26(38)32-28-31-19-13-17(25(29)37)8-9-20(19)34(28)11-7-6-10-30-24-21(36(40)41)14-18(27(39)43-4)15-23(24)42-3/h8-9,12-15,30H,5-7,10-11H2,1-4H3,(H2,29,37)(H,31,32,38). The first kappa shape index (κ1) is 30.5. The van der Waals surface area contributed by atoms with Crippen molar-refractivity contribution in [2.24, 2.45) is 5.73 Å². The fraction of sp³-hybridized carbons (Fsp3) is 0.321. The molecule has 15 nitrogen and oxygen atoms in total. The average Bonchev–Trinajstić information content (AvgIpc) is 3.54. The number of imidazole rings is 1. The number of nitro benzene ring substituents is 1. The summed E-state index contributed by atoms with van der Waals surface area (Å²) in [7, 11) is 2.54. The maximum absolute atomic E-state index is 13.2. The van der Waals surface area contributed by atoms with Crippen LogP contribution in [0.25, 0.3) is 11.0 Å². The Kier molecular flexibility index (Phi) is 9.23. The van der Waals surface area contributed by atoms with Crippen molar-refractivity contribution in [3.63, 3.8) is 0 Å². The van der Waals surface area contributed by atoms with Gasteiger partial charge in [0.25, 0.3) is 11.6 Å². The molecule has 0 saturated heterocycles. The second-order valence-corrected chi connectivity index (χ2v) is 9.55. The van der Waals surface area contributed by atoms with Gasteiger partial charge in [0, 0.05) is 31.3 Å². The molecule has 0 spiro atoms. The van der Waals surface area contributed by atoms with Crippen LogP contribution in [0.15, 0.2) is 36.4 Å². The van der Waals surface area contributed by atoms with E-state index in [9.17, 15) is 24.5 Å². The zero-order chi connectivity index (χ0) is 31.3. The zero-order valence-corrected chi connectivity index (χ0v) is 24.2. The number of amides is 2. The van der Waals surface area contributed by atoms with Gasteiger partial charge in [-0.2, -0.15) is 5.10 Å². The molecule has 0 radical (unpaired) electrons. The number of anilines is 2. The quantitative estimate of drug-likeness (QED) is 0.0893. The molecule has 0 aliphatic carbocycles. The van der Waals surface area contributed by atoms with Gasteiger partial charge in [-0.25, -0.2) is 9.78 Å². The number of carbonyl (C=O) groups is 3. The highest BCUT2D eigenvalue weighted by Crippen LogP contribution is 2.36. The number of nitrogens with two attached hydrogens (primary N) is 1. The number of rotatable bonds is 13. The average molecular weight is 593 g/mol. The summed E-state index contributed by atoms with van der Waals surface area (Å²) < 4.78 is 13.4. The maximum Gasteiger partial charge on any atom is 0.338 e. The molecule has 2 amide bonds. The van der Waals surface area contributed by atoms with E-state index in [1.54, 1.807) is 35.9 Å². The van der Waals surface area contributed by atoms with E-state index in [0.717, 1.165) is 6.07 Å². The molecule has 0 aliphatic rings. The van der Waals surface area contributed by atoms with E-state index in [1.807, 2.05) is 11.5 Å². The number of nitro groups is 1. The van der Waals surface area contributed by atoms with Crippen LogP contribution in [0.3, 0.4) is 0 Å². The minimum atomic E-state index is -0.722. The van der Waals surface area contributed by atoms with Crippen LogP contribution in [0.2, 0.25) is 0 Å². The smallest absolute Gasteiger partial charge is 0.338 e. The minimum absolute atomic E-state index is 0.00481. The van der Waals surface area contributed by atoms with Crippen LogP contribution in [0.1, 0.15) is 56.7 Å². The Morgan fingerprint density at radius 2 is 1.86 bits per heavy atom. The van der Waals surface area contributed by atoms with E-state index in [4.69, 9.17) is 10.5 Å². The Bertz CT molecular complexity index is 1710. The van der Waals surface area contributed by atoms with Crippen LogP contribution >= 0.6 is 0 Å². The van der Waals surface area contributed by atoms with Crippen molar-refractivity contribution in [1.82, 2.24) is 19.3 Å². The third-order valence-corrected chi connectivity index (χ3v) is 6.72. The fourth-order valence-corrected chi connectivity index (χ4v) is 4.67. The lowest BCUT2D eigenvalue weighted by molar-refractivity contribution is -0.384. The van der Waals surface area contributed by atoms with E-state index >= 15 is 0 Å². The molecule has 0 unspecified atom stereocenters. The van der Waals surface area contributed by atoms with Crippen LogP contribution in [-0.2, 0) is 17.8 Å². The number of aromatic nitrogens is 4. The molecule has 0 saturated carbocycles. The first-order valence-electron chi connectivity index (χ1n) is 13.4. The summed E-state index contributed by atoms with van der Waals surface area (Å²) in [6.07, 6.45) is 1.15. The number of hydrogen-bond acceptors (Lipinski definition) is 10. The van der Waals surface area contributed by atoms with Gasteiger partial charge in [0.1, 0.15) is 11.4 Å². The molecule has 0 atom stereocenters. The molecule has 0 bridgehead atoms. The van der Waals surface area contributed by atoms with Gasteiger partial charge in [0.2, 0.25) is 11.9 Å². The topological polar surface area (TPSA) is 199 Å². The van der Waals surface area contributed by atoms with Crippen molar-refractivity contribution in [2.75, 3.05) is 31.4 Å². The molecule has 4 aromatic rings. The number of nitrogens with one attached hydrogen (secondary N) is 2. The largest absolute Gasteiger partial charge is 0.494 e. The van der Waals surface area contributed by atoms with Crippen molar-refractivity contribution in [2.45, 2.75) is 39.8 Å². The number of benzene rings is 2. The highest BCUT2D eigenvalue weighted by Gasteiger charge is 2.23. The molecular weight excluding hydrogens is 560 g/mol. The summed E-state index contributed by atoms with van der Waals surface area (Å²) >= 11 is 0. The number of primary amides is 1. The molecule has 2 aromatic heterocycles. The van der Waals surface area contributed by atoms with Crippen LogP contribution in [0.5, 0.6) is 5.75 Å². The molecular formula is C28H32N8O7. The van der Waals surface area contributed by atoms with Crippen molar-refractivity contribution in [3.05, 3.63) is 69.0 Å². The van der Waals surface area contributed by atoms with Crippen molar-refractivity contribution in [1.29, 1.82) is 0 Å². The molecule has 226 valence electrons. The maximum atomic E-state index is 13.2. The first-order chi connectivity index (χ1) is 20.6. The van der Waals surface area contributed by atoms with Crippen molar-refractivity contribution in [3.8, 4) is 5.75 Å². The van der Waals surface area contributed by atoms with Gasteiger partial charge in [0.05, 0.1) is 41.4 Å². The Morgan fingerprint density at radius 1 is 1.09 bits per heavy atom. The summed E-state index contributed by atoms with van der Waals surface area (Å²) in [6, 6.07) is 9.07. The Hall–Kier alpha value is -5.47.